The quantitative estimate of drug-likeness (QED) is 0.350. The van der Waals surface area contributed by atoms with Gasteiger partial charge in [-0.05, 0) is 49.9 Å². The van der Waals surface area contributed by atoms with Crippen molar-refractivity contribution in [3.05, 3.63) is 88.2 Å². The number of anilines is 1. The Morgan fingerprint density at radius 1 is 1.24 bits per heavy atom. The molecule has 3 aromatic heterocycles. The lowest BCUT2D eigenvalue weighted by molar-refractivity contribution is -0.115. The van der Waals surface area contributed by atoms with E-state index in [0.717, 1.165) is 11.1 Å². The van der Waals surface area contributed by atoms with Crippen molar-refractivity contribution in [3.63, 3.8) is 0 Å². The molecule has 190 valence electrons. The summed E-state index contributed by atoms with van der Waals surface area (Å²) in [5.74, 6) is 0.0244. The minimum absolute atomic E-state index is 0.100. The first-order valence-corrected chi connectivity index (χ1v) is 13.2. The molecule has 1 amide bonds. The number of halogens is 1. The van der Waals surface area contributed by atoms with Crippen LogP contribution >= 0.6 is 11.6 Å². The molecule has 3 atom stereocenters. The number of carbonyl (C=O) groups excluding carboxylic acids is 2. The van der Waals surface area contributed by atoms with Crippen LogP contribution < -0.4 is 5.32 Å². The van der Waals surface area contributed by atoms with E-state index in [0.29, 0.717) is 46.4 Å². The number of hydrogen-bond donors (Lipinski definition) is 2. The first kappa shape index (κ1) is 25.2. The monoisotopic (exact) mass is 537 g/mol. The largest absolute Gasteiger partial charge is 0.310 e. The fourth-order valence-corrected chi connectivity index (χ4v) is 5.22. The molecular weight excluding hydrogens is 514 g/mol. The van der Waals surface area contributed by atoms with Gasteiger partial charge in [-0.2, -0.15) is 0 Å². The summed E-state index contributed by atoms with van der Waals surface area (Å²) in [7, 11) is 0. The van der Waals surface area contributed by atoms with Crippen LogP contribution in [-0.2, 0) is 34.1 Å². The normalized spacial score (nSPS) is 18.9. The molecule has 1 aliphatic carbocycles. The van der Waals surface area contributed by atoms with Crippen LogP contribution in [0, 0.1) is 0 Å². The number of imidazole rings is 1. The molecule has 0 saturated carbocycles. The Hall–Kier alpha value is -3.47. The van der Waals surface area contributed by atoms with Gasteiger partial charge in [0.25, 0.3) is 0 Å². The molecule has 2 N–H and O–H groups in total. The van der Waals surface area contributed by atoms with E-state index in [1.165, 1.54) is 6.20 Å². The highest BCUT2D eigenvalue weighted by molar-refractivity contribution is 7.79. The number of aromatic nitrogens is 4. The third-order valence-corrected chi connectivity index (χ3v) is 8.03. The number of nitrogens with one attached hydrogen (secondary N) is 1. The minimum atomic E-state index is -1.96. The SMILES string of the molecule is CC(c1ccc(CC(=O)Nc2ccc3c(n2)CCC(C)(c2ncc(Cl)n4ccnc24)C3=O)cc1)S(=O)O. The average Bonchev–Trinajstić information content (AvgIpc) is 3.37. The van der Waals surface area contributed by atoms with Gasteiger partial charge in [-0.1, -0.05) is 35.9 Å². The Bertz CT molecular complexity index is 1550. The van der Waals surface area contributed by atoms with Crippen molar-refractivity contribution in [2.45, 2.75) is 43.8 Å². The van der Waals surface area contributed by atoms with Crippen molar-refractivity contribution in [2.24, 2.45) is 0 Å². The summed E-state index contributed by atoms with van der Waals surface area (Å²) in [5, 5.41) is 2.71. The summed E-state index contributed by atoms with van der Waals surface area (Å²) in [4.78, 5) is 39.6. The average molecular weight is 538 g/mol. The molecule has 11 heteroatoms. The minimum Gasteiger partial charge on any atom is -0.310 e. The first-order chi connectivity index (χ1) is 17.7. The van der Waals surface area contributed by atoms with E-state index >= 15 is 0 Å². The Morgan fingerprint density at radius 2 is 2.00 bits per heavy atom. The van der Waals surface area contributed by atoms with Crippen LogP contribution in [0.2, 0.25) is 5.15 Å². The van der Waals surface area contributed by atoms with Crippen LogP contribution in [0.4, 0.5) is 5.82 Å². The third-order valence-electron chi connectivity index (χ3n) is 6.87. The van der Waals surface area contributed by atoms with Gasteiger partial charge < -0.3 is 9.87 Å². The predicted molar refractivity (Wildman–Crippen MR) is 140 cm³/mol. The van der Waals surface area contributed by atoms with Crippen molar-refractivity contribution in [2.75, 3.05) is 5.32 Å². The Kier molecular flexibility index (Phi) is 6.65. The second kappa shape index (κ2) is 9.77. The zero-order valence-electron chi connectivity index (χ0n) is 20.1. The van der Waals surface area contributed by atoms with Crippen LogP contribution in [0.15, 0.2) is 55.0 Å². The maximum Gasteiger partial charge on any atom is 0.229 e. The van der Waals surface area contributed by atoms with Gasteiger partial charge in [0.15, 0.2) is 22.5 Å². The van der Waals surface area contributed by atoms with E-state index in [9.17, 15) is 18.4 Å². The van der Waals surface area contributed by atoms with E-state index in [1.807, 2.05) is 6.92 Å². The van der Waals surface area contributed by atoms with Crippen molar-refractivity contribution in [3.8, 4) is 0 Å². The Morgan fingerprint density at radius 3 is 2.73 bits per heavy atom. The summed E-state index contributed by atoms with van der Waals surface area (Å²) in [6.07, 6.45) is 6.03. The fourth-order valence-electron chi connectivity index (χ4n) is 4.65. The number of hydrogen-bond acceptors (Lipinski definition) is 6. The van der Waals surface area contributed by atoms with Gasteiger partial charge in [0, 0.05) is 18.0 Å². The molecule has 0 saturated heterocycles. The molecule has 0 aliphatic heterocycles. The molecule has 0 radical (unpaired) electrons. The number of Topliss-reactive ketones (excluding diaryl/α,β-unsaturated/α-hetero) is 1. The number of fused-ring (bicyclic) bond motifs is 2. The van der Waals surface area contributed by atoms with Gasteiger partial charge in [0.1, 0.15) is 11.0 Å². The van der Waals surface area contributed by atoms with E-state index in [4.69, 9.17) is 11.6 Å². The number of amides is 1. The molecule has 37 heavy (non-hydrogen) atoms. The highest BCUT2D eigenvalue weighted by atomic mass is 35.5. The van der Waals surface area contributed by atoms with Gasteiger partial charge in [-0.15, -0.1) is 0 Å². The number of ketones is 1. The van der Waals surface area contributed by atoms with Crippen molar-refractivity contribution in [1.82, 2.24) is 19.4 Å². The lowest BCUT2D eigenvalue weighted by atomic mass is 9.71. The summed E-state index contributed by atoms with van der Waals surface area (Å²) >= 11 is 4.27. The standard InChI is InChI=1S/C26H24ClN5O4S/c1-15(37(35)36)17-5-3-16(4-6-17)13-22(33)31-21-8-7-18-19(30-21)9-10-26(2,24(18)34)23-25-28-11-12-32(25)20(27)14-29-23/h3-8,11-12,14-15H,9-10,13H2,1-2H3,(H,35,36)(H,30,31,33). The molecule has 3 heterocycles. The first-order valence-electron chi connectivity index (χ1n) is 11.7. The van der Waals surface area contributed by atoms with Gasteiger partial charge in [-0.25, -0.2) is 14.2 Å². The number of nitrogens with zero attached hydrogens (tertiary/aromatic N) is 4. The summed E-state index contributed by atoms with van der Waals surface area (Å²) < 4.78 is 22.2. The lowest BCUT2D eigenvalue weighted by Crippen LogP contribution is -2.39. The van der Waals surface area contributed by atoms with Crippen LogP contribution in [0.3, 0.4) is 0 Å². The summed E-state index contributed by atoms with van der Waals surface area (Å²) in [6, 6.07) is 10.3. The fraction of sp³-hybridized carbons (Fsp3) is 0.269. The van der Waals surface area contributed by atoms with Crippen LogP contribution in [0.25, 0.3) is 5.65 Å². The zero-order valence-corrected chi connectivity index (χ0v) is 21.7. The number of benzene rings is 1. The summed E-state index contributed by atoms with van der Waals surface area (Å²) in [6.45, 7) is 3.53. The van der Waals surface area contributed by atoms with E-state index in [-0.39, 0.29) is 18.1 Å². The highest BCUT2D eigenvalue weighted by Gasteiger charge is 2.43. The predicted octanol–water partition coefficient (Wildman–Crippen LogP) is 4.33. The number of carbonyl (C=O) groups is 2. The van der Waals surface area contributed by atoms with E-state index < -0.39 is 21.7 Å². The van der Waals surface area contributed by atoms with Crippen molar-refractivity contribution >= 4 is 45.8 Å². The van der Waals surface area contributed by atoms with E-state index in [1.54, 1.807) is 60.1 Å². The lowest BCUT2D eigenvalue weighted by Gasteiger charge is -2.32. The number of aryl methyl sites for hydroxylation is 1. The molecule has 5 rings (SSSR count). The van der Waals surface area contributed by atoms with Crippen LogP contribution in [-0.4, -0.2) is 39.8 Å². The Balaban J connectivity index is 1.31. The third kappa shape index (κ3) is 4.68. The number of rotatable bonds is 6. The summed E-state index contributed by atoms with van der Waals surface area (Å²) in [5.41, 5.74) is 2.85. The molecule has 1 aliphatic rings. The van der Waals surface area contributed by atoms with Crippen molar-refractivity contribution in [1.29, 1.82) is 0 Å². The second-order valence-corrected chi connectivity index (χ2v) is 10.9. The molecule has 0 spiro atoms. The molecular formula is C26H24ClN5O4S. The molecule has 0 fully saturated rings. The maximum atomic E-state index is 13.6. The number of pyridine rings is 1. The smallest absolute Gasteiger partial charge is 0.229 e. The topological polar surface area (TPSA) is 127 Å². The maximum absolute atomic E-state index is 13.6. The molecule has 1 aromatic carbocycles. The molecule has 4 aromatic rings. The van der Waals surface area contributed by atoms with Gasteiger partial charge >= 0.3 is 0 Å². The van der Waals surface area contributed by atoms with Gasteiger partial charge in [0.2, 0.25) is 5.91 Å². The van der Waals surface area contributed by atoms with Gasteiger partial charge in [0.05, 0.1) is 34.7 Å². The second-order valence-electron chi connectivity index (χ2n) is 9.29. The Labute approximate surface area is 220 Å². The van der Waals surface area contributed by atoms with Crippen LogP contribution in [0.1, 0.15) is 58.4 Å². The molecule has 0 bridgehead atoms. The van der Waals surface area contributed by atoms with Crippen molar-refractivity contribution < 1.29 is 18.4 Å². The van der Waals surface area contributed by atoms with E-state index in [2.05, 4.69) is 20.3 Å². The zero-order chi connectivity index (χ0) is 26.3. The van der Waals surface area contributed by atoms with Gasteiger partial charge in [-0.3, -0.25) is 19.0 Å². The highest BCUT2D eigenvalue weighted by Crippen LogP contribution is 2.39. The molecule has 3 unspecified atom stereocenters. The molecule has 9 nitrogen and oxygen atoms in total. The van der Waals surface area contributed by atoms with Crippen LogP contribution in [0.5, 0.6) is 0 Å².